The number of halogens is 1. The standard InChI is InChI=1S/C32H44ClN5O5Si/c1-20-19-22(9-11-24(20)42-18-15-38-13-16-41-17-14-38)35-31-36-28(27(29(34)39)30(37-31)40-6)26-21(2)25(12-10-23(26)33)43-44(7,8)32(3,4)5/h9-12,19H,13-18H2,1-8H3,(H2,34,39)(H,35,36,37). The van der Waals surface area contributed by atoms with Crippen LogP contribution in [0.25, 0.3) is 11.3 Å². The van der Waals surface area contributed by atoms with Crippen LogP contribution in [-0.4, -0.2) is 75.7 Å². The van der Waals surface area contributed by atoms with Crippen LogP contribution in [-0.2, 0) is 4.74 Å². The molecule has 1 aliphatic rings. The Labute approximate surface area is 266 Å². The number of morpholine rings is 1. The van der Waals surface area contributed by atoms with Crippen molar-refractivity contribution >= 4 is 37.5 Å². The van der Waals surface area contributed by atoms with Crippen LogP contribution in [0, 0.1) is 13.8 Å². The van der Waals surface area contributed by atoms with Gasteiger partial charge in [0.25, 0.3) is 5.91 Å². The number of aryl methyl sites for hydroxylation is 1. The number of carbonyl (C=O) groups is 1. The number of nitrogens with zero attached hydrogens (tertiary/aromatic N) is 3. The van der Waals surface area contributed by atoms with Gasteiger partial charge in [-0.25, -0.2) is 4.98 Å². The summed E-state index contributed by atoms with van der Waals surface area (Å²) in [7, 11) is -0.752. The smallest absolute Gasteiger partial charge is 0.256 e. The topological polar surface area (TPSA) is 121 Å². The van der Waals surface area contributed by atoms with E-state index in [0.29, 0.717) is 22.9 Å². The highest BCUT2D eigenvalue weighted by molar-refractivity contribution is 6.74. The first-order valence-electron chi connectivity index (χ1n) is 14.8. The summed E-state index contributed by atoms with van der Waals surface area (Å²) in [4.78, 5) is 24.3. The summed E-state index contributed by atoms with van der Waals surface area (Å²) < 4.78 is 23.6. The Morgan fingerprint density at radius 2 is 1.80 bits per heavy atom. The number of carbonyl (C=O) groups excluding carboxylic acids is 1. The molecule has 2 aromatic carbocycles. The predicted octanol–water partition coefficient (Wildman–Crippen LogP) is 6.36. The molecule has 0 bridgehead atoms. The Morgan fingerprint density at radius 3 is 2.41 bits per heavy atom. The molecule has 1 aliphatic heterocycles. The van der Waals surface area contributed by atoms with Crippen molar-refractivity contribution in [3.8, 4) is 28.6 Å². The van der Waals surface area contributed by atoms with E-state index in [0.717, 1.165) is 55.4 Å². The maximum Gasteiger partial charge on any atom is 0.256 e. The third kappa shape index (κ3) is 7.63. The van der Waals surface area contributed by atoms with Crippen LogP contribution in [0.1, 0.15) is 42.3 Å². The van der Waals surface area contributed by atoms with E-state index < -0.39 is 14.2 Å². The van der Waals surface area contributed by atoms with Crippen LogP contribution in [0.2, 0.25) is 23.2 Å². The number of primary amides is 1. The zero-order valence-corrected chi connectivity index (χ0v) is 28.7. The molecular formula is C32H44ClN5O5Si. The minimum atomic E-state index is -2.18. The van der Waals surface area contributed by atoms with Crippen molar-refractivity contribution < 1.29 is 23.4 Å². The number of hydrogen-bond donors (Lipinski definition) is 2. The number of methoxy groups -OCH3 is 1. The van der Waals surface area contributed by atoms with Crippen molar-refractivity contribution in [1.29, 1.82) is 0 Å². The number of nitrogens with two attached hydrogens (primary N) is 1. The maximum absolute atomic E-state index is 12.7. The van der Waals surface area contributed by atoms with Crippen LogP contribution in [0.5, 0.6) is 17.4 Å². The number of hydrogen-bond acceptors (Lipinski definition) is 9. The molecule has 10 nitrogen and oxygen atoms in total. The second-order valence-corrected chi connectivity index (χ2v) is 17.6. The van der Waals surface area contributed by atoms with E-state index in [2.05, 4.69) is 49.1 Å². The average Bonchev–Trinajstić information content (AvgIpc) is 2.95. The first-order chi connectivity index (χ1) is 20.7. The summed E-state index contributed by atoms with van der Waals surface area (Å²) in [5.74, 6) is 1.000. The molecule has 0 unspecified atom stereocenters. The van der Waals surface area contributed by atoms with Gasteiger partial charge in [0.2, 0.25) is 20.1 Å². The van der Waals surface area contributed by atoms with E-state index in [4.69, 9.17) is 41.0 Å². The van der Waals surface area contributed by atoms with Gasteiger partial charge in [0.05, 0.1) is 31.0 Å². The normalized spacial score (nSPS) is 14.3. The van der Waals surface area contributed by atoms with Gasteiger partial charge in [-0.2, -0.15) is 4.98 Å². The molecule has 0 spiro atoms. The van der Waals surface area contributed by atoms with Gasteiger partial charge in [0.1, 0.15) is 23.7 Å². The third-order valence-electron chi connectivity index (χ3n) is 8.29. The van der Waals surface area contributed by atoms with Gasteiger partial charge in [-0.3, -0.25) is 9.69 Å². The summed E-state index contributed by atoms with van der Waals surface area (Å²) in [5.41, 5.74) is 9.09. The highest BCUT2D eigenvalue weighted by atomic mass is 35.5. The largest absolute Gasteiger partial charge is 0.543 e. The lowest BCUT2D eigenvalue weighted by Crippen LogP contribution is -2.44. The average molecular weight is 642 g/mol. The van der Waals surface area contributed by atoms with Gasteiger partial charge in [0, 0.05) is 36.4 Å². The molecule has 0 radical (unpaired) electrons. The molecule has 1 aromatic heterocycles. The van der Waals surface area contributed by atoms with Gasteiger partial charge in [-0.15, -0.1) is 0 Å². The number of benzene rings is 2. The number of aromatic nitrogens is 2. The molecule has 4 rings (SSSR count). The molecule has 1 fully saturated rings. The van der Waals surface area contributed by atoms with Gasteiger partial charge < -0.3 is 29.7 Å². The van der Waals surface area contributed by atoms with E-state index in [-0.39, 0.29) is 28.1 Å². The molecule has 0 atom stereocenters. The van der Waals surface area contributed by atoms with Crippen molar-refractivity contribution in [3.05, 3.63) is 52.0 Å². The Kier molecular flexibility index (Phi) is 10.4. The predicted molar refractivity (Wildman–Crippen MR) is 177 cm³/mol. The van der Waals surface area contributed by atoms with E-state index in [1.165, 1.54) is 7.11 Å². The van der Waals surface area contributed by atoms with Gasteiger partial charge >= 0.3 is 0 Å². The van der Waals surface area contributed by atoms with Crippen LogP contribution in [0.15, 0.2) is 30.3 Å². The molecule has 238 valence electrons. The molecule has 1 amide bonds. The third-order valence-corrected chi connectivity index (χ3v) is 12.9. The molecule has 3 aromatic rings. The van der Waals surface area contributed by atoms with Crippen molar-refractivity contribution in [2.45, 2.75) is 52.8 Å². The fourth-order valence-electron chi connectivity index (χ4n) is 4.66. The van der Waals surface area contributed by atoms with Gasteiger partial charge in [-0.1, -0.05) is 32.4 Å². The lowest BCUT2D eigenvalue weighted by molar-refractivity contribution is 0.0322. The highest BCUT2D eigenvalue weighted by Crippen LogP contribution is 2.43. The second-order valence-electron chi connectivity index (χ2n) is 12.5. The summed E-state index contributed by atoms with van der Waals surface area (Å²) in [6.07, 6.45) is 0. The number of nitrogens with one attached hydrogen (secondary N) is 1. The summed E-state index contributed by atoms with van der Waals surface area (Å²) >= 11 is 6.77. The first kappa shape index (κ1) is 33.5. The Morgan fingerprint density at radius 1 is 1.11 bits per heavy atom. The van der Waals surface area contributed by atoms with Crippen LogP contribution < -0.4 is 25.0 Å². The lowest BCUT2D eigenvalue weighted by Gasteiger charge is -2.37. The summed E-state index contributed by atoms with van der Waals surface area (Å²) in [6, 6.07) is 9.36. The maximum atomic E-state index is 12.7. The Hall–Kier alpha value is -3.38. The van der Waals surface area contributed by atoms with E-state index in [1.807, 2.05) is 38.1 Å². The van der Waals surface area contributed by atoms with Crippen LogP contribution in [0.4, 0.5) is 11.6 Å². The molecule has 2 heterocycles. The fourth-order valence-corrected chi connectivity index (χ4v) is 6.03. The molecule has 44 heavy (non-hydrogen) atoms. The quantitative estimate of drug-likeness (QED) is 0.230. The van der Waals surface area contributed by atoms with Crippen molar-refractivity contribution in [2.75, 3.05) is 51.9 Å². The van der Waals surface area contributed by atoms with Crippen molar-refractivity contribution in [1.82, 2.24) is 14.9 Å². The Balaban J connectivity index is 1.66. The molecule has 1 saturated heterocycles. The zero-order chi connectivity index (χ0) is 32.2. The zero-order valence-electron chi connectivity index (χ0n) is 27.0. The van der Waals surface area contributed by atoms with E-state index >= 15 is 0 Å². The fraction of sp³-hybridized carbons (Fsp3) is 0.469. The molecule has 0 saturated carbocycles. The highest BCUT2D eigenvalue weighted by Gasteiger charge is 2.39. The molecule has 3 N–H and O–H groups in total. The van der Waals surface area contributed by atoms with Crippen molar-refractivity contribution in [2.24, 2.45) is 5.73 Å². The molecule has 0 aliphatic carbocycles. The SMILES string of the molecule is COc1nc(Nc2ccc(OCCN3CCOCC3)c(C)c2)nc(-c2c(Cl)ccc(O[Si](C)(C)C(C)(C)C)c2C)c1C(N)=O. The minimum Gasteiger partial charge on any atom is -0.543 e. The van der Waals surface area contributed by atoms with Gasteiger partial charge in [0.15, 0.2) is 0 Å². The molecule has 12 heteroatoms. The number of amides is 1. The van der Waals surface area contributed by atoms with Crippen molar-refractivity contribution in [3.63, 3.8) is 0 Å². The second kappa shape index (κ2) is 13.7. The van der Waals surface area contributed by atoms with E-state index in [9.17, 15) is 4.79 Å². The Bertz CT molecular complexity index is 1510. The summed E-state index contributed by atoms with van der Waals surface area (Å²) in [6.45, 7) is 19.6. The first-order valence-corrected chi connectivity index (χ1v) is 18.1. The van der Waals surface area contributed by atoms with Crippen LogP contribution >= 0.6 is 11.6 Å². The monoisotopic (exact) mass is 641 g/mol. The number of anilines is 2. The van der Waals surface area contributed by atoms with E-state index in [1.54, 1.807) is 6.07 Å². The number of ether oxygens (including phenoxy) is 3. The molecular weight excluding hydrogens is 598 g/mol. The lowest BCUT2D eigenvalue weighted by atomic mass is 10.0. The minimum absolute atomic E-state index is 0.0195. The van der Waals surface area contributed by atoms with Gasteiger partial charge in [-0.05, 0) is 67.9 Å². The van der Waals surface area contributed by atoms with Crippen LogP contribution in [0.3, 0.4) is 0 Å². The summed E-state index contributed by atoms with van der Waals surface area (Å²) in [5, 5.41) is 3.62. The number of rotatable bonds is 11.